The fraction of sp³-hybridized carbons (Fsp3) is 0.0833. The van der Waals surface area contributed by atoms with E-state index < -0.39 is 0 Å². The topological polar surface area (TPSA) is 11.4 Å². The van der Waals surface area contributed by atoms with Crippen LogP contribution in [0.25, 0.3) is 72.0 Å². The molecule has 0 N–H and O–H groups in total. The first-order chi connectivity index (χ1) is 37.2. The van der Waals surface area contributed by atoms with Crippen molar-refractivity contribution in [2.75, 3.05) is 9.80 Å². The standard InChI is InChI=1S/C72H51N3/c1-5-17-46(18-6-1)54-37-55(47-19-7-2-8-20-47)39-58(38-54)75-70-36-32-51(43-64(70)66-45-53-22-14-16-28-60(53)72(66)75)49-30-34-68-62(41-49)61-40-48(29-33-67(61)73(68)56-23-9-3-10-24-56)50-31-35-69-63(42-50)65-44-52-21-13-15-27-59(52)71(65)74(69)57-25-11-4-12-26-57/h1-43,65-66,71-72H,44-45H2. The minimum atomic E-state index is 0.196. The predicted molar refractivity (Wildman–Crippen MR) is 311 cm³/mol. The zero-order chi connectivity index (χ0) is 49.1. The summed E-state index contributed by atoms with van der Waals surface area (Å²) in [6, 6.07) is 98.4. The third-order valence-electron chi connectivity index (χ3n) is 17.2. The lowest BCUT2D eigenvalue weighted by Crippen LogP contribution is -2.19. The molecule has 0 bridgehead atoms. The van der Waals surface area contributed by atoms with Gasteiger partial charge in [-0.25, -0.2) is 0 Å². The largest absolute Gasteiger partial charge is 0.333 e. The van der Waals surface area contributed by atoms with Crippen LogP contribution >= 0.6 is 0 Å². The van der Waals surface area contributed by atoms with Crippen LogP contribution < -0.4 is 9.80 Å². The van der Waals surface area contributed by atoms with Crippen molar-refractivity contribution in [3.8, 4) is 50.2 Å². The maximum atomic E-state index is 2.66. The molecule has 75 heavy (non-hydrogen) atoms. The summed E-state index contributed by atoms with van der Waals surface area (Å²) in [5.74, 6) is 0.716. The van der Waals surface area contributed by atoms with Crippen molar-refractivity contribution >= 4 is 44.6 Å². The number of anilines is 4. The third kappa shape index (κ3) is 6.60. The Morgan fingerprint density at radius 3 is 1.16 bits per heavy atom. The number of rotatable bonds is 7. The Kier molecular flexibility index (Phi) is 9.41. The lowest BCUT2D eigenvalue weighted by atomic mass is 9.92. The monoisotopic (exact) mass is 957 g/mol. The molecule has 3 heterocycles. The fourth-order valence-electron chi connectivity index (χ4n) is 13.9. The summed E-state index contributed by atoms with van der Waals surface area (Å²) < 4.78 is 2.45. The van der Waals surface area contributed by atoms with Gasteiger partial charge < -0.3 is 14.4 Å². The summed E-state index contributed by atoms with van der Waals surface area (Å²) in [7, 11) is 0. The highest BCUT2D eigenvalue weighted by atomic mass is 15.2. The van der Waals surface area contributed by atoms with Gasteiger partial charge in [0, 0.05) is 51.0 Å². The van der Waals surface area contributed by atoms with Crippen LogP contribution in [0.15, 0.2) is 261 Å². The molecule has 354 valence electrons. The number of para-hydroxylation sites is 2. The van der Waals surface area contributed by atoms with Crippen LogP contribution in [0.2, 0.25) is 0 Å². The number of aromatic nitrogens is 1. The van der Waals surface area contributed by atoms with Gasteiger partial charge in [0.2, 0.25) is 0 Å². The molecule has 12 aromatic rings. The van der Waals surface area contributed by atoms with Crippen LogP contribution in [0.5, 0.6) is 0 Å². The minimum absolute atomic E-state index is 0.196. The molecule has 2 aliphatic heterocycles. The van der Waals surface area contributed by atoms with Gasteiger partial charge in [0.1, 0.15) is 0 Å². The maximum Gasteiger partial charge on any atom is 0.0666 e. The van der Waals surface area contributed by atoms with Gasteiger partial charge in [-0.15, -0.1) is 0 Å². The molecule has 0 fully saturated rings. The van der Waals surface area contributed by atoms with Gasteiger partial charge in [-0.3, -0.25) is 0 Å². The lowest BCUT2D eigenvalue weighted by molar-refractivity contribution is 0.633. The first-order valence-electron chi connectivity index (χ1n) is 26.7. The van der Waals surface area contributed by atoms with Gasteiger partial charge in [-0.05, 0) is 182 Å². The van der Waals surface area contributed by atoms with Gasteiger partial charge in [-0.1, -0.05) is 170 Å². The summed E-state index contributed by atoms with van der Waals surface area (Å²) in [5, 5.41) is 2.52. The Hall–Kier alpha value is -9.18. The second-order valence-corrected chi connectivity index (χ2v) is 21.2. The van der Waals surface area contributed by atoms with Crippen LogP contribution in [0, 0.1) is 0 Å². The molecule has 4 unspecified atom stereocenters. The summed E-state index contributed by atoms with van der Waals surface area (Å²) >= 11 is 0. The Bertz CT molecular complexity index is 4160. The van der Waals surface area contributed by atoms with Crippen LogP contribution in [0.4, 0.5) is 22.7 Å². The van der Waals surface area contributed by atoms with Crippen LogP contribution in [-0.4, -0.2) is 4.57 Å². The van der Waals surface area contributed by atoms with Crippen LogP contribution in [0.3, 0.4) is 0 Å². The molecule has 4 aliphatic rings. The molecule has 3 nitrogen and oxygen atoms in total. The Morgan fingerprint density at radius 2 is 0.667 bits per heavy atom. The first kappa shape index (κ1) is 42.3. The molecular formula is C72H51N3. The van der Waals surface area contributed by atoms with E-state index >= 15 is 0 Å². The number of nitrogens with zero attached hydrogens (tertiary/aromatic N) is 3. The highest BCUT2D eigenvalue weighted by Crippen LogP contribution is 2.60. The van der Waals surface area contributed by atoms with E-state index in [9.17, 15) is 0 Å². The highest BCUT2D eigenvalue weighted by molar-refractivity contribution is 6.12. The van der Waals surface area contributed by atoms with Gasteiger partial charge in [0.25, 0.3) is 0 Å². The number of fused-ring (bicyclic) bond motifs is 13. The van der Waals surface area contributed by atoms with Crippen molar-refractivity contribution < 1.29 is 0 Å². The Labute approximate surface area is 437 Å². The predicted octanol–water partition coefficient (Wildman–Crippen LogP) is 18.5. The first-order valence-corrected chi connectivity index (χ1v) is 26.7. The Morgan fingerprint density at radius 1 is 0.267 bits per heavy atom. The average molecular weight is 958 g/mol. The molecule has 11 aromatic carbocycles. The van der Waals surface area contributed by atoms with Crippen molar-refractivity contribution in [2.45, 2.75) is 36.8 Å². The molecule has 0 radical (unpaired) electrons. The van der Waals surface area contributed by atoms with Crippen molar-refractivity contribution in [2.24, 2.45) is 0 Å². The molecule has 0 amide bonds. The van der Waals surface area contributed by atoms with Crippen LogP contribution in [0.1, 0.15) is 57.3 Å². The van der Waals surface area contributed by atoms with Gasteiger partial charge >= 0.3 is 0 Å². The van der Waals surface area contributed by atoms with Gasteiger partial charge in [-0.2, -0.15) is 0 Å². The minimum Gasteiger partial charge on any atom is -0.333 e. The molecular weight excluding hydrogens is 907 g/mol. The zero-order valence-corrected chi connectivity index (χ0v) is 41.4. The second kappa shape index (κ2) is 16.7. The highest BCUT2D eigenvalue weighted by Gasteiger charge is 2.47. The van der Waals surface area contributed by atoms with E-state index in [4.69, 9.17) is 0 Å². The zero-order valence-electron chi connectivity index (χ0n) is 41.4. The average Bonchev–Trinajstić information content (AvgIpc) is 4.29. The SMILES string of the molecule is c1ccc(-c2cc(-c3ccccc3)cc(N3c4ccc(-c5ccc6c(c5)c5cc(-c7ccc8c(c7)C7Cc9ccccc9C7N8c7ccccc7)ccc5n6-c5ccccc5)cc4C4Cc5ccccc5C43)c2)cc1. The van der Waals surface area contributed by atoms with Crippen molar-refractivity contribution in [3.05, 3.63) is 294 Å². The van der Waals surface area contributed by atoms with E-state index in [0.717, 1.165) is 12.8 Å². The van der Waals surface area contributed by atoms with Crippen LogP contribution in [-0.2, 0) is 12.8 Å². The van der Waals surface area contributed by atoms with Crippen molar-refractivity contribution in [1.82, 2.24) is 4.57 Å². The molecule has 16 rings (SSSR count). The molecule has 0 spiro atoms. The Balaban J connectivity index is 0.830. The van der Waals surface area contributed by atoms with Crippen molar-refractivity contribution in [1.29, 1.82) is 0 Å². The molecule has 0 saturated carbocycles. The second-order valence-electron chi connectivity index (χ2n) is 21.2. The maximum absolute atomic E-state index is 2.66. The summed E-state index contributed by atoms with van der Waals surface area (Å²) in [6.07, 6.45) is 2.07. The fourth-order valence-corrected chi connectivity index (χ4v) is 13.9. The molecule has 3 heteroatoms. The van der Waals surface area contributed by atoms with E-state index in [1.54, 1.807) is 0 Å². The molecule has 1 aromatic heterocycles. The number of hydrogen-bond acceptors (Lipinski definition) is 2. The van der Waals surface area contributed by atoms with Crippen molar-refractivity contribution in [3.63, 3.8) is 0 Å². The third-order valence-corrected chi connectivity index (χ3v) is 17.2. The summed E-state index contributed by atoms with van der Waals surface area (Å²) in [5.41, 5.74) is 27.2. The van der Waals surface area contributed by atoms with E-state index in [1.165, 1.54) is 128 Å². The van der Waals surface area contributed by atoms with Gasteiger partial charge in [0.15, 0.2) is 0 Å². The van der Waals surface area contributed by atoms with Gasteiger partial charge in [0.05, 0.1) is 23.1 Å². The molecule has 4 atom stereocenters. The summed E-state index contributed by atoms with van der Waals surface area (Å²) in [4.78, 5) is 5.26. The number of hydrogen-bond donors (Lipinski definition) is 0. The van der Waals surface area contributed by atoms with E-state index in [-0.39, 0.29) is 12.1 Å². The normalized spacial score (nSPS) is 17.7. The van der Waals surface area contributed by atoms with E-state index in [2.05, 4.69) is 275 Å². The lowest BCUT2D eigenvalue weighted by Gasteiger charge is -2.29. The molecule has 0 saturated heterocycles. The number of benzene rings is 11. The quantitative estimate of drug-likeness (QED) is 0.158. The van der Waals surface area contributed by atoms with E-state index in [1.807, 2.05) is 0 Å². The smallest absolute Gasteiger partial charge is 0.0666 e. The van der Waals surface area contributed by atoms with E-state index in [0.29, 0.717) is 11.8 Å². The molecule has 2 aliphatic carbocycles. The summed E-state index contributed by atoms with van der Waals surface area (Å²) in [6.45, 7) is 0.